The fourth-order valence-corrected chi connectivity index (χ4v) is 2.30. The summed E-state index contributed by atoms with van der Waals surface area (Å²) in [6.45, 7) is 6.91. The molecule has 0 unspecified atom stereocenters. The Morgan fingerprint density at radius 3 is 2.58 bits per heavy atom. The molecule has 0 spiro atoms. The van der Waals surface area contributed by atoms with Crippen LogP contribution in [0.4, 0.5) is 5.69 Å². The predicted molar refractivity (Wildman–Crippen MR) is 81.6 cm³/mol. The number of amides is 1. The van der Waals surface area contributed by atoms with Crippen LogP contribution in [0.1, 0.15) is 50.4 Å². The third-order valence-electron chi connectivity index (χ3n) is 3.15. The smallest absolute Gasteiger partial charge is 0.257 e. The van der Waals surface area contributed by atoms with Crippen LogP contribution in [0, 0.1) is 0 Å². The van der Waals surface area contributed by atoms with Crippen LogP contribution in [-0.2, 0) is 0 Å². The molecule has 3 nitrogen and oxygen atoms in total. The number of rotatable bonds is 6. The number of hydrogen-bond acceptors (Lipinski definition) is 2. The average Bonchev–Trinajstić information content (AvgIpc) is 2.33. The van der Waals surface area contributed by atoms with Gasteiger partial charge in [0, 0.05) is 18.3 Å². The zero-order valence-electron chi connectivity index (χ0n) is 11.9. The second-order valence-electron chi connectivity index (χ2n) is 5.00. The minimum absolute atomic E-state index is 0.0748. The number of carbonyl (C=O) groups is 1. The van der Waals surface area contributed by atoms with Gasteiger partial charge in [0.2, 0.25) is 0 Å². The van der Waals surface area contributed by atoms with Gasteiger partial charge in [-0.15, -0.1) is 0 Å². The maximum Gasteiger partial charge on any atom is 0.257 e. The number of halogens is 1. The molecule has 19 heavy (non-hydrogen) atoms. The summed E-state index contributed by atoms with van der Waals surface area (Å²) < 4.78 is 0. The molecule has 0 radical (unpaired) electrons. The Kier molecular flexibility index (Phi) is 6.16. The summed E-state index contributed by atoms with van der Waals surface area (Å²) in [5.74, 6) is -0.0748. The van der Waals surface area contributed by atoms with E-state index < -0.39 is 0 Å². The zero-order valence-corrected chi connectivity index (χ0v) is 12.7. The molecule has 0 heterocycles. The number of benzene rings is 1. The van der Waals surface area contributed by atoms with Gasteiger partial charge < -0.3 is 10.6 Å². The minimum atomic E-state index is -0.0748. The van der Waals surface area contributed by atoms with Crippen LogP contribution in [0.5, 0.6) is 0 Å². The molecule has 0 fully saturated rings. The average molecular weight is 283 g/mol. The van der Waals surface area contributed by atoms with Gasteiger partial charge in [-0.25, -0.2) is 0 Å². The number of nitrogen functional groups attached to an aromatic ring is 1. The Labute approximate surface area is 120 Å². The molecule has 0 aliphatic heterocycles. The van der Waals surface area contributed by atoms with Crippen LogP contribution in [0.15, 0.2) is 18.2 Å². The molecule has 0 aliphatic rings. The number of anilines is 1. The lowest BCUT2D eigenvalue weighted by molar-refractivity contribution is 0.0703. The van der Waals surface area contributed by atoms with Gasteiger partial charge >= 0.3 is 0 Å². The molecule has 0 saturated carbocycles. The Bertz CT molecular complexity index is 412. The summed E-state index contributed by atoms with van der Waals surface area (Å²) in [5, 5.41) is 0.422. The van der Waals surface area contributed by atoms with E-state index in [0.29, 0.717) is 16.3 Å². The van der Waals surface area contributed by atoms with Crippen molar-refractivity contribution in [2.24, 2.45) is 0 Å². The summed E-state index contributed by atoms with van der Waals surface area (Å²) >= 11 is 6.11. The number of nitrogens with two attached hydrogens (primary N) is 1. The van der Waals surface area contributed by atoms with Gasteiger partial charge in [-0.1, -0.05) is 37.4 Å². The van der Waals surface area contributed by atoms with Gasteiger partial charge in [-0.2, -0.15) is 0 Å². The summed E-state index contributed by atoms with van der Waals surface area (Å²) in [7, 11) is 0. The summed E-state index contributed by atoms with van der Waals surface area (Å²) in [5.41, 5.74) is 6.75. The highest BCUT2D eigenvalue weighted by Crippen LogP contribution is 2.24. The molecule has 2 N–H and O–H groups in total. The lowest BCUT2D eigenvalue weighted by Gasteiger charge is -2.27. The van der Waals surface area contributed by atoms with Gasteiger partial charge in [0.25, 0.3) is 5.91 Å². The SMILES string of the molecule is CCCCCN(C(=O)c1c(N)cccc1Cl)C(C)C. The van der Waals surface area contributed by atoms with E-state index in [1.807, 2.05) is 18.7 Å². The molecule has 4 heteroatoms. The molecule has 106 valence electrons. The van der Waals surface area contributed by atoms with E-state index in [0.717, 1.165) is 25.8 Å². The van der Waals surface area contributed by atoms with Crippen LogP contribution in [0.2, 0.25) is 5.02 Å². The highest BCUT2D eigenvalue weighted by Gasteiger charge is 2.22. The monoisotopic (exact) mass is 282 g/mol. The first-order valence-electron chi connectivity index (χ1n) is 6.84. The Morgan fingerprint density at radius 1 is 1.37 bits per heavy atom. The van der Waals surface area contributed by atoms with Crippen molar-refractivity contribution < 1.29 is 4.79 Å². The van der Waals surface area contributed by atoms with E-state index in [-0.39, 0.29) is 11.9 Å². The summed E-state index contributed by atoms with van der Waals surface area (Å²) in [6, 6.07) is 5.31. The van der Waals surface area contributed by atoms with Crippen molar-refractivity contribution in [2.75, 3.05) is 12.3 Å². The molecule has 0 aromatic heterocycles. The van der Waals surface area contributed by atoms with E-state index in [1.165, 1.54) is 0 Å². The second kappa shape index (κ2) is 7.39. The highest BCUT2D eigenvalue weighted by atomic mass is 35.5. The maximum atomic E-state index is 12.6. The van der Waals surface area contributed by atoms with E-state index in [2.05, 4.69) is 6.92 Å². The first-order chi connectivity index (χ1) is 8.99. The molecule has 0 bridgehead atoms. The number of hydrogen-bond donors (Lipinski definition) is 1. The molecule has 1 rings (SSSR count). The molecule has 0 saturated heterocycles. The maximum absolute atomic E-state index is 12.6. The van der Waals surface area contributed by atoms with E-state index in [9.17, 15) is 4.79 Å². The van der Waals surface area contributed by atoms with Gasteiger partial charge in [-0.05, 0) is 32.4 Å². The van der Waals surface area contributed by atoms with Gasteiger partial charge in [0.1, 0.15) is 0 Å². The van der Waals surface area contributed by atoms with Gasteiger partial charge in [-0.3, -0.25) is 4.79 Å². The lowest BCUT2D eigenvalue weighted by atomic mass is 10.1. The Morgan fingerprint density at radius 2 is 2.05 bits per heavy atom. The fraction of sp³-hybridized carbons (Fsp3) is 0.533. The van der Waals surface area contributed by atoms with E-state index >= 15 is 0 Å². The van der Waals surface area contributed by atoms with Crippen LogP contribution < -0.4 is 5.73 Å². The first-order valence-corrected chi connectivity index (χ1v) is 7.21. The molecular formula is C15H23ClN2O. The standard InChI is InChI=1S/C15H23ClN2O/c1-4-5-6-10-18(11(2)3)15(19)14-12(16)8-7-9-13(14)17/h7-9,11H,4-6,10,17H2,1-3H3. The number of carbonyl (C=O) groups excluding carboxylic acids is 1. The van der Waals surface area contributed by atoms with Crippen LogP contribution in [0.25, 0.3) is 0 Å². The summed E-state index contributed by atoms with van der Waals surface area (Å²) in [4.78, 5) is 14.4. The Hall–Kier alpha value is -1.22. The van der Waals surface area contributed by atoms with Crippen molar-refractivity contribution in [2.45, 2.75) is 46.1 Å². The second-order valence-corrected chi connectivity index (χ2v) is 5.41. The normalized spacial score (nSPS) is 10.8. The minimum Gasteiger partial charge on any atom is -0.398 e. The van der Waals surface area contributed by atoms with E-state index in [4.69, 9.17) is 17.3 Å². The van der Waals surface area contributed by atoms with Crippen LogP contribution in [0.3, 0.4) is 0 Å². The quantitative estimate of drug-likeness (QED) is 0.634. The molecular weight excluding hydrogens is 260 g/mol. The Balaban J connectivity index is 2.93. The molecule has 1 aromatic rings. The molecule has 0 atom stereocenters. The van der Waals surface area contributed by atoms with Crippen molar-refractivity contribution in [3.8, 4) is 0 Å². The van der Waals surface area contributed by atoms with Crippen LogP contribution >= 0.6 is 11.6 Å². The topological polar surface area (TPSA) is 46.3 Å². The molecule has 0 aliphatic carbocycles. The largest absolute Gasteiger partial charge is 0.398 e. The van der Waals surface area contributed by atoms with Gasteiger partial charge in [0.05, 0.1) is 10.6 Å². The van der Waals surface area contributed by atoms with Gasteiger partial charge in [0.15, 0.2) is 0 Å². The highest BCUT2D eigenvalue weighted by molar-refractivity contribution is 6.34. The number of nitrogens with zero attached hydrogens (tertiary/aromatic N) is 1. The van der Waals surface area contributed by atoms with Crippen molar-refractivity contribution in [3.05, 3.63) is 28.8 Å². The third-order valence-corrected chi connectivity index (χ3v) is 3.46. The molecule has 1 aromatic carbocycles. The fourth-order valence-electron chi connectivity index (χ4n) is 2.04. The zero-order chi connectivity index (χ0) is 14.4. The third kappa shape index (κ3) is 4.13. The lowest BCUT2D eigenvalue weighted by Crippen LogP contribution is -2.38. The van der Waals surface area contributed by atoms with Crippen molar-refractivity contribution >= 4 is 23.2 Å². The van der Waals surface area contributed by atoms with E-state index in [1.54, 1.807) is 18.2 Å². The van der Waals surface area contributed by atoms with Crippen molar-refractivity contribution in [1.82, 2.24) is 4.90 Å². The predicted octanol–water partition coefficient (Wildman–Crippen LogP) is 3.96. The van der Waals surface area contributed by atoms with Crippen molar-refractivity contribution in [1.29, 1.82) is 0 Å². The van der Waals surface area contributed by atoms with Crippen LogP contribution in [-0.4, -0.2) is 23.4 Å². The number of unbranched alkanes of at least 4 members (excludes halogenated alkanes) is 2. The first kappa shape index (κ1) is 15.8. The summed E-state index contributed by atoms with van der Waals surface area (Å²) in [6.07, 6.45) is 3.26. The molecule has 1 amide bonds. The van der Waals surface area contributed by atoms with Crippen molar-refractivity contribution in [3.63, 3.8) is 0 Å².